The van der Waals surface area contributed by atoms with Crippen molar-refractivity contribution in [1.29, 1.82) is 0 Å². The van der Waals surface area contributed by atoms with Crippen LogP contribution in [-0.2, 0) is 10.1 Å². The van der Waals surface area contributed by atoms with Gasteiger partial charge >= 0.3 is 0 Å². The van der Waals surface area contributed by atoms with E-state index in [2.05, 4.69) is 10.6 Å². The number of rotatable bonds is 7. The maximum absolute atomic E-state index is 12.3. The number of aryl methyl sites for hydroxylation is 2. The van der Waals surface area contributed by atoms with Gasteiger partial charge in [-0.05, 0) is 70.4 Å². The number of carbonyl (C=O) groups is 2. The highest BCUT2D eigenvalue weighted by atomic mass is 32.2. The first kappa shape index (κ1) is 32.0. The number of fused-ring (bicyclic) bond motifs is 1. The van der Waals surface area contributed by atoms with Gasteiger partial charge < -0.3 is 19.8 Å². The molecule has 4 aromatic rings. The van der Waals surface area contributed by atoms with Gasteiger partial charge in [0.05, 0.1) is 11.4 Å². The molecule has 11 nitrogen and oxygen atoms in total. The second-order valence-corrected chi connectivity index (χ2v) is 9.83. The summed E-state index contributed by atoms with van der Waals surface area (Å²) >= 11 is 0. The molecule has 1 aromatic heterocycles. The highest BCUT2D eigenvalue weighted by Crippen LogP contribution is 2.24. The van der Waals surface area contributed by atoms with Gasteiger partial charge in [-0.25, -0.2) is 5.48 Å². The standard InChI is InChI=1S/C19H18N2O5.C7H8O3S.C2H7N/c1-12-15-4-2-3-5-16(15)26-17(12)19(23)20-10-11-25-14-8-6-13(7-9-14)18(22)21-24;1-6-2-4-7(5-3-6)11(8,9)10;1-3-2/h2-9,24H,10-11H2,1H3,(H,20,23)(H,21,22);2-5H,1H3,(H,8,9,10);3H,1-2H3. The van der Waals surface area contributed by atoms with Crippen LogP contribution in [0.1, 0.15) is 32.0 Å². The second kappa shape index (κ2) is 15.4. The molecule has 1 heterocycles. The Morgan fingerprint density at radius 3 is 2.05 bits per heavy atom. The van der Waals surface area contributed by atoms with E-state index in [0.717, 1.165) is 16.5 Å². The fourth-order valence-corrected chi connectivity index (χ4v) is 3.76. The Morgan fingerprint density at radius 1 is 0.900 bits per heavy atom. The third-order valence-electron chi connectivity index (χ3n) is 5.24. The molecule has 0 radical (unpaired) electrons. The molecule has 0 aliphatic carbocycles. The largest absolute Gasteiger partial charge is 0.492 e. The summed E-state index contributed by atoms with van der Waals surface area (Å²) in [6.07, 6.45) is 0. The molecule has 40 heavy (non-hydrogen) atoms. The van der Waals surface area contributed by atoms with Crippen LogP contribution < -0.4 is 20.9 Å². The van der Waals surface area contributed by atoms with Crippen molar-refractivity contribution in [3.8, 4) is 5.75 Å². The number of hydroxylamine groups is 1. The van der Waals surface area contributed by atoms with Gasteiger partial charge in [-0.3, -0.25) is 19.3 Å². The number of amides is 2. The maximum Gasteiger partial charge on any atom is 0.294 e. The molecule has 0 fully saturated rings. The number of para-hydroxylation sites is 1. The molecule has 3 aromatic carbocycles. The van der Waals surface area contributed by atoms with Gasteiger partial charge in [0, 0.05) is 16.5 Å². The van der Waals surface area contributed by atoms with E-state index in [4.69, 9.17) is 18.9 Å². The van der Waals surface area contributed by atoms with E-state index in [0.29, 0.717) is 29.2 Å². The topological polar surface area (TPSA) is 167 Å². The first-order chi connectivity index (χ1) is 19.0. The number of hydrogen-bond acceptors (Lipinski definition) is 8. The zero-order valence-corrected chi connectivity index (χ0v) is 23.4. The van der Waals surface area contributed by atoms with E-state index in [-0.39, 0.29) is 17.4 Å². The minimum Gasteiger partial charge on any atom is -0.492 e. The highest BCUT2D eigenvalue weighted by molar-refractivity contribution is 7.85. The van der Waals surface area contributed by atoms with Gasteiger partial charge in [0.15, 0.2) is 5.76 Å². The smallest absolute Gasteiger partial charge is 0.294 e. The van der Waals surface area contributed by atoms with Crippen LogP contribution in [0.5, 0.6) is 5.75 Å². The van der Waals surface area contributed by atoms with E-state index in [1.165, 1.54) is 24.3 Å². The Morgan fingerprint density at radius 2 is 1.50 bits per heavy atom. The Bertz CT molecular complexity index is 1500. The van der Waals surface area contributed by atoms with E-state index in [9.17, 15) is 18.0 Å². The lowest BCUT2D eigenvalue weighted by Gasteiger charge is -2.08. The summed E-state index contributed by atoms with van der Waals surface area (Å²) in [5.41, 5.74) is 4.31. The van der Waals surface area contributed by atoms with E-state index < -0.39 is 16.0 Å². The predicted octanol–water partition coefficient (Wildman–Crippen LogP) is 3.75. The Kier molecular flexibility index (Phi) is 12.3. The predicted molar refractivity (Wildman–Crippen MR) is 150 cm³/mol. The van der Waals surface area contributed by atoms with Gasteiger partial charge in [-0.1, -0.05) is 35.9 Å². The summed E-state index contributed by atoms with van der Waals surface area (Å²) in [7, 11) is -0.270. The van der Waals surface area contributed by atoms with E-state index in [1.807, 2.05) is 52.2 Å². The third-order valence-corrected chi connectivity index (χ3v) is 6.11. The Balaban J connectivity index is 0.000000333. The average molecular weight is 572 g/mol. The van der Waals surface area contributed by atoms with Crippen molar-refractivity contribution in [3.63, 3.8) is 0 Å². The van der Waals surface area contributed by atoms with Gasteiger partial charge in [0.25, 0.3) is 21.9 Å². The normalized spacial score (nSPS) is 10.4. The molecule has 214 valence electrons. The number of carbonyl (C=O) groups excluding carboxylic acids is 2. The monoisotopic (exact) mass is 571 g/mol. The molecule has 0 saturated heterocycles. The van der Waals surface area contributed by atoms with E-state index in [1.54, 1.807) is 29.7 Å². The lowest BCUT2D eigenvalue weighted by Crippen LogP contribution is -2.28. The van der Waals surface area contributed by atoms with Crippen LogP contribution in [0, 0.1) is 13.8 Å². The van der Waals surface area contributed by atoms with Crippen LogP contribution in [0.2, 0.25) is 0 Å². The molecule has 0 aliphatic rings. The molecular weight excluding hydrogens is 538 g/mol. The molecule has 12 heteroatoms. The van der Waals surface area contributed by atoms with Crippen LogP contribution >= 0.6 is 0 Å². The quantitative estimate of drug-likeness (QED) is 0.0960. The molecule has 4 rings (SSSR count). The van der Waals surface area contributed by atoms with Gasteiger partial charge in [-0.2, -0.15) is 8.42 Å². The second-order valence-electron chi connectivity index (χ2n) is 8.41. The summed E-state index contributed by atoms with van der Waals surface area (Å²) in [5, 5.41) is 15.0. The fraction of sp³-hybridized carbons (Fsp3) is 0.214. The lowest BCUT2D eigenvalue weighted by molar-refractivity contribution is 0.0706. The van der Waals surface area contributed by atoms with Crippen molar-refractivity contribution >= 4 is 32.9 Å². The molecule has 0 aliphatic heterocycles. The zero-order chi connectivity index (χ0) is 29.7. The number of ether oxygens (including phenoxy) is 1. The molecular formula is C28H33N3O8S. The Hall–Kier alpha value is -4.23. The minimum atomic E-state index is -4.02. The van der Waals surface area contributed by atoms with Crippen LogP contribution in [0.25, 0.3) is 11.0 Å². The first-order valence-electron chi connectivity index (χ1n) is 12.1. The van der Waals surface area contributed by atoms with Gasteiger partial charge in [-0.15, -0.1) is 0 Å². The van der Waals surface area contributed by atoms with Crippen LogP contribution in [0.3, 0.4) is 0 Å². The van der Waals surface area contributed by atoms with Crippen molar-refractivity contribution in [1.82, 2.24) is 16.1 Å². The summed E-state index contributed by atoms with van der Waals surface area (Å²) < 4.78 is 40.7. The van der Waals surface area contributed by atoms with Crippen molar-refractivity contribution in [3.05, 3.63) is 95.2 Å². The number of benzene rings is 3. The number of furan rings is 1. The van der Waals surface area contributed by atoms with Crippen molar-refractivity contribution in [2.75, 3.05) is 27.2 Å². The average Bonchev–Trinajstić information content (AvgIpc) is 3.28. The van der Waals surface area contributed by atoms with Gasteiger partial charge in [0.1, 0.15) is 17.9 Å². The summed E-state index contributed by atoms with van der Waals surface area (Å²) in [6.45, 7) is 4.25. The molecule has 0 spiro atoms. The molecule has 5 N–H and O–H groups in total. The third kappa shape index (κ3) is 9.50. The zero-order valence-electron chi connectivity index (χ0n) is 22.6. The summed E-state index contributed by atoms with van der Waals surface area (Å²) in [4.78, 5) is 23.4. The van der Waals surface area contributed by atoms with Crippen LogP contribution in [0.4, 0.5) is 0 Å². The maximum atomic E-state index is 12.3. The van der Waals surface area contributed by atoms with Gasteiger partial charge in [0.2, 0.25) is 0 Å². The van der Waals surface area contributed by atoms with Crippen molar-refractivity contribution < 1.29 is 36.9 Å². The molecule has 2 amide bonds. The molecule has 0 saturated carbocycles. The summed E-state index contributed by atoms with van der Waals surface area (Å²) in [6, 6.07) is 19.7. The number of nitrogens with one attached hydrogen (secondary N) is 3. The lowest BCUT2D eigenvalue weighted by atomic mass is 10.1. The minimum absolute atomic E-state index is 0.0666. The van der Waals surface area contributed by atoms with Crippen molar-refractivity contribution in [2.45, 2.75) is 18.7 Å². The Labute approximate surface area is 232 Å². The van der Waals surface area contributed by atoms with Crippen LogP contribution in [-0.4, -0.2) is 57.2 Å². The van der Waals surface area contributed by atoms with Crippen LogP contribution in [0.15, 0.2) is 82.1 Å². The first-order valence-corrected chi connectivity index (χ1v) is 13.5. The highest BCUT2D eigenvalue weighted by Gasteiger charge is 2.16. The summed E-state index contributed by atoms with van der Waals surface area (Å²) in [5.74, 6) is -0.0403. The SMILES string of the molecule is CNC.Cc1c(C(=O)NCCOc2ccc(C(=O)NO)cc2)oc2ccccc12.Cc1ccc(S(=O)(=O)O)cc1. The molecule has 0 bridgehead atoms. The number of hydrogen-bond donors (Lipinski definition) is 5. The molecule has 0 atom stereocenters. The van der Waals surface area contributed by atoms with E-state index >= 15 is 0 Å². The fourth-order valence-electron chi connectivity index (χ4n) is 3.28. The molecule has 0 unspecified atom stereocenters. The van der Waals surface area contributed by atoms with Crippen molar-refractivity contribution in [2.24, 2.45) is 0 Å².